The molecule has 0 fully saturated rings. The van der Waals surface area contributed by atoms with Crippen LogP contribution < -0.4 is 5.73 Å². The van der Waals surface area contributed by atoms with Gasteiger partial charge in [0.25, 0.3) is 0 Å². The Labute approximate surface area is 89.0 Å². The molecule has 0 unspecified atom stereocenters. The number of benzene rings is 1. The highest BCUT2D eigenvalue weighted by Crippen LogP contribution is 2.19. The lowest BCUT2D eigenvalue weighted by Gasteiger charge is -1.96. The molecule has 13 heavy (non-hydrogen) atoms. The monoisotopic (exact) mass is 216 g/mol. The minimum absolute atomic E-state index is 0. The number of hydrogen-bond acceptors (Lipinski definition) is 2. The SMILES string of the molecule is CSc1ccc(N=C(C)N)cc1.Cl. The molecule has 0 radical (unpaired) electrons. The predicted octanol–water partition coefficient (Wildman–Crippen LogP) is 2.84. The van der Waals surface area contributed by atoms with Crippen LogP contribution in [0.1, 0.15) is 6.92 Å². The molecule has 1 aromatic carbocycles. The quantitative estimate of drug-likeness (QED) is 0.469. The summed E-state index contributed by atoms with van der Waals surface area (Å²) >= 11 is 1.72. The third kappa shape index (κ3) is 4.20. The smallest absolute Gasteiger partial charge is 0.0964 e. The van der Waals surface area contributed by atoms with Gasteiger partial charge in [0.1, 0.15) is 0 Å². The molecule has 0 saturated heterocycles. The fourth-order valence-corrected chi connectivity index (χ4v) is 1.27. The Balaban J connectivity index is 0.00000144. The third-order valence-corrected chi connectivity index (χ3v) is 2.12. The van der Waals surface area contributed by atoms with Gasteiger partial charge in [-0.2, -0.15) is 0 Å². The lowest BCUT2D eigenvalue weighted by molar-refractivity contribution is 1.40. The molecule has 1 rings (SSSR count). The first-order valence-corrected chi connectivity index (χ1v) is 4.89. The summed E-state index contributed by atoms with van der Waals surface area (Å²) < 4.78 is 0. The molecule has 0 aliphatic rings. The van der Waals surface area contributed by atoms with E-state index in [9.17, 15) is 0 Å². The molecule has 0 amide bonds. The molecule has 0 aliphatic carbocycles. The maximum absolute atomic E-state index is 5.44. The van der Waals surface area contributed by atoms with Crippen molar-refractivity contribution in [2.24, 2.45) is 10.7 Å². The highest BCUT2D eigenvalue weighted by Gasteiger charge is 1.90. The molecule has 1 aromatic rings. The van der Waals surface area contributed by atoms with Crippen LogP contribution in [0.15, 0.2) is 34.2 Å². The fourth-order valence-electron chi connectivity index (χ4n) is 0.860. The second-order valence-electron chi connectivity index (χ2n) is 2.45. The van der Waals surface area contributed by atoms with E-state index in [1.807, 2.05) is 30.5 Å². The van der Waals surface area contributed by atoms with Gasteiger partial charge in [-0.05, 0) is 37.4 Å². The number of nitrogens with zero attached hydrogens (tertiary/aromatic N) is 1. The number of hydrogen-bond donors (Lipinski definition) is 1. The zero-order chi connectivity index (χ0) is 8.97. The van der Waals surface area contributed by atoms with Crippen LogP contribution in [0.2, 0.25) is 0 Å². The topological polar surface area (TPSA) is 38.4 Å². The molecule has 0 saturated carbocycles. The zero-order valence-electron chi connectivity index (χ0n) is 7.65. The van der Waals surface area contributed by atoms with Crippen LogP contribution in [0.4, 0.5) is 5.69 Å². The maximum atomic E-state index is 5.44. The molecular formula is C9H13ClN2S. The zero-order valence-corrected chi connectivity index (χ0v) is 9.28. The van der Waals surface area contributed by atoms with Crippen molar-refractivity contribution in [2.75, 3.05) is 6.26 Å². The summed E-state index contributed by atoms with van der Waals surface area (Å²) in [4.78, 5) is 5.36. The molecule has 0 bridgehead atoms. The van der Waals surface area contributed by atoms with Crippen molar-refractivity contribution >= 4 is 35.7 Å². The van der Waals surface area contributed by atoms with E-state index in [0.29, 0.717) is 5.84 Å². The van der Waals surface area contributed by atoms with Crippen LogP contribution in [0, 0.1) is 0 Å². The summed E-state index contributed by atoms with van der Waals surface area (Å²) in [6, 6.07) is 7.99. The van der Waals surface area contributed by atoms with E-state index in [-0.39, 0.29) is 12.4 Å². The van der Waals surface area contributed by atoms with Crippen molar-refractivity contribution in [3.8, 4) is 0 Å². The van der Waals surface area contributed by atoms with Crippen molar-refractivity contribution in [1.29, 1.82) is 0 Å². The van der Waals surface area contributed by atoms with Crippen LogP contribution in [0.5, 0.6) is 0 Å². The van der Waals surface area contributed by atoms with Crippen LogP contribution >= 0.6 is 24.2 Å². The Bertz CT molecular complexity index is 278. The molecule has 0 aliphatic heterocycles. The third-order valence-electron chi connectivity index (χ3n) is 1.38. The van der Waals surface area contributed by atoms with E-state index in [2.05, 4.69) is 4.99 Å². The van der Waals surface area contributed by atoms with Gasteiger partial charge in [0.15, 0.2) is 0 Å². The number of rotatable bonds is 2. The van der Waals surface area contributed by atoms with E-state index in [1.165, 1.54) is 4.90 Å². The number of nitrogens with two attached hydrogens (primary N) is 1. The molecule has 2 nitrogen and oxygen atoms in total. The van der Waals surface area contributed by atoms with Crippen LogP contribution in [-0.4, -0.2) is 12.1 Å². The van der Waals surface area contributed by atoms with Gasteiger partial charge >= 0.3 is 0 Å². The summed E-state index contributed by atoms with van der Waals surface area (Å²) in [6.45, 7) is 1.78. The number of aliphatic imine (C=N–C) groups is 1. The highest BCUT2D eigenvalue weighted by molar-refractivity contribution is 7.98. The van der Waals surface area contributed by atoms with Crippen molar-refractivity contribution in [2.45, 2.75) is 11.8 Å². The minimum Gasteiger partial charge on any atom is -0.387 e. The molecule has 0 aromatic heterocycles. The first-order chi connectivity index (χ1) is 5.72. The summed E-state index contributed by atoms with van der Waals surface area (Å²) in [5, 5.41) is 0. The van der Waals surface area contributed by atoms with Gasteiger partial charge in [-0.15, -0.1) is 24.2 Å². The van der Waals surface area contributed by atoms with E-state index in [4.69, 9.17) is 5.73 Å². The molecule has 2 N–H and O–H groups in total. The Hall–Kier alpha value is -0.670. The average molecular weight is 217 g/mol. The van der Waals surface area contributed by atoms with E-state index < -0.39 is 0 Å². The average Bonchev–Trinajstić information content (AvgIpc) is 2.05. The second kappa shape index (κ2) is 5.89. The largest absolute Gasteiger partial charge is 0.387 e. The van der Waals surface area contributed by atoms with Crippen molar-refractivity contribution in [1.82, 2.24) is 0 Å². The summed E-state index contributed by atoms with van der Waals surface area (Å²) in [5.41, 5.74) is 6.35. The van der Waals surface area contributed by atoms with Crippen LogP contribution in [-0.2, 0) is 0 Å². The normalized spacial score (nSPS) is 10.8. The number of amidine groups is 1. The summed E-state index contributed by atoms with van der Waals surface area (Å²) in [5.74, 6) is 0.590. The van der Waals surface area contributed by atoms with E-state index >= 15 is 0 Å². The van der Waals surface area contributed by atoms with Gasteiger partial charge in [0.2, 0.25) is 0 Å². The van der Waals surface area contributed by atoms with Gasteiger partial charge in [0.05, 0.1) is 11.5 Å². The van der Waals surface area contributed by atoms with Gasteiger partial charge in [-0.3, -0.25) is 0 Å². The minimum atomic E-state index is 0. The van der Waals surface area contributed by atoms with Gasteiger partial charge in [-0.25, -0.2) is 4.99 Å². The number of thioether (sulfide) groups is 1. The highest BCUT2D eigenvalue weighted by atomic mass is 35.5. The first kappa shape index (κ1) is 12.3. The molecule has 0 atom stereocenters. The molecule has 0 spiro atoms. The van der Waals surface area contributed by atoms with Crippen LogP contribution in [0.3, 0.4) is 0 Å². The summed E-state index contributed by atoms with van der Waals surface area (Å²) in [6.07, 6.45) is 2.05. The predicted molar refractivity (Wildman–Crippen MR) is 62.4 cm³/mol. The maximum Gasteiger partial charge on any atom is 0.0964 e. The van der Waals surface area contributed by atoms with Crippen molar-refractivity contribution < 1.29 is 0 Å². The molecule has 4 heteroatoms. The van der Waals surface area contributed by atoms with Crippen molar-refractivity contribution in [3.05, 3.63) is 24.3 Å². The van der Waals surface area contributed by atoms with Gasteiger partial charge in [0, 0.05) is 4.90 Å². The fraction of sp³-hybridized carbons (Fsp3) is 0.222. The Morgan fingerprint density at radius 3 is 2.23 bits per heavy atom. The first-order valence-electron chi connectivity index (χ1n) is 3.67. The van der Waals surface area contributed by atoms with Gasteiger partial charge < -0.3 is 5.73 Å². The lowest BCUT2D eigenvalue weighted by atomic mass is 10.3. The summed E-state index contributed by atoms with van der Waals surface area (Å²) in [7, 11) is 0. The standard InChI is InChI=1S/C9H12N2S.ClH/c1-7(10)11-8-3-5-9(12-2)6-4-8;/h3-6H,1-2H3,(H2,10,11);1H. The van der Waals surface area contributed by atoms with E-state index in [1.54, 1.807) is 18.7 Å². The Kier molecular flexibility index (Phi) is 5.58. The van der Waals surface area contributed by atoms with Crippen LogP contribution in [0.25, 0.3) is 0 Å². The molecule has 0 heterocycles. The number of halogens is 1. The van der Waals surface area contributed by atoms with Crippen molar-refractivity contribution in [3.63, 3.8) is 0 Å². The van der Waals surface area contributed by atoms with Gasteiger partial charge in [-0.1, -0.05) is 0 Å². The Morgan fingerprint density at radius 1 is 1.31 bits per heavy atom. The molecule has 72 valence electrons. The van der Waals surface area contributed by atoms with E-state index in [0.717, 1.165) is 5.69 Å². The Morgan fingerprint density at radius 2 is 1.85 bits per heavy atom. The second-order valence-corrected chi connectivity index (χ2v) is 3.33. The molecular weight excluding hydrogens is 204 g/mol. The lowest BCUT2D eigenvalue weighted by Crippen LogP contribution is -2.03.